The van der Waals surface area contributed by atoms with E-state index in [0.29, 0.717) is 0 Å². The Morgan fingerprint density at radius 2 is 0.929 bits per heavy atom. The quantitative estimate of drug-likeness (QED) is 0.594. The minimum absolute atomic E-state index is 0.861. The van der Waals surface area contributed by atoms with Gasteiger partial charge in [-0.25, -0.2) is 0 Å². The molecule has 14 heavy (non-hydrogen) atoms. The van der Waals surface area contributed by atoms with Crippen LogP contribution in [0.2, 0.25) is 0 Å². The van der Waals surface area contributed by atoms with E-state index in [4.69, 9.17) is 11.5 Å². The molecule has 2 heteroatoms. The second-order valence-corrected chi connectivity index (χ2v) is 3.70. The van der Waals surface area contributed by atoms with E-state index in [1.807, 2.05) is 0 Å². The van der Waals surface area contributed by atoms with Gasteiger partial charge in [-0.2, -0.15) is 0 Å². The van der Waals surface area contributed by atoms with Crippen molar-refractivity contribution < 1.29 is 0 Å². The van der Waals surface area contributed by atoms with E-state index in [-0.39, 0.29) is 0 Å². The second-order valence-electron chi connectivity index (χ2n) is 3.70. The first-order chi connectivity index (χ1) is 6.83. The van der Waals surface area contributed by atoms with Crippen LogP contribution in [0, 0.1) is 0 Å². The van der Waals surface area contributed by atoms with Crippen LogP contribution in [-0.2, 0) is 0 Å². The van der Waals surface area contributed by atoms with Crippen LogP contribution in [0.25, 0.3) is 0 Å². The molecule has 0 heterocycles. The van der Waals surface area contributed by atoms with Gasteiger partial charge in [-0.3, -0.25) is 0 Å². The smallest absolute Gasteiger partial charge is 0.00773 e. The summed E-state index contributed by atoms with van der Waals surface area (Å²) in [5, 5.41) is 0. The summed E-state index contributed by atoms with van der Waals surface area (Å²) < 4.78 is 0. The van der Waals surface area contributed by atoms with Crippen LogP contribution in [0.5, 0.6) is 0 Å². The van der Waals surface area contributed by atoms with Crippen molar-refractivity contribution in [3.05, 3.63) is 0 Å². The van der Waals surface area contributed by atoms with Crippen molar-refractivity contribution in [3.8, 4) is 0 Å². The van der Waals surface area contributed by atoms with Gasteiger partial charge in [-0.15, -0.1) is 0 Å². The zero-order chi connectivity index (χ0) is 11.1. The van der Waals surface area contributed by atoms with Gasteiger partial charge in [0.25, 0.3) is 0 Å². The molecule has 0 rings (SSSR count). The Hall–Kier alpha value is -0.0800. The fourth-order valence-electron chi connectivity index (χ4n) is 1.14. The molecule has 0 atom stereocenters. The van der Waals surface area contributed by atoms with E-state index in [9.17, 15) is 0 Å². The number of hydrogen-bond acceptors (Lipinski definition) is 2. The van der Waals surface area contributed by atoms with E-state index in [0.717, 1.165) is 13.1 Å². The molecule has 0 aromatic rings. The summed E-state index contributed by atoms with van der Waals surface area (Å²) in [5.41, 5.74) is 10.5. The predicted octanol–water partition coefficient (Wildman–Crippen LogP) is 3.05. The summed E-state index contributed by atoms with van der Waals surface area (Å²) in [4.78, 5) is 0. The molecule has 0 fully saturated rings. The SMILES string of the molecule is CCCCCCN.CCCCCCN. The molecular weight excluding hydrogens is 172 g/mol. The van der Waals surface area contributed by atoms with Gasteiger partial charge in [0.15, 0.2) is 0 Å². The molecule has 0 radical (unpaired) electrons. The highest BCUT2D eigenvalue weighted by atomic mass is 14.5. The van der Waals surface area contributed by atoms with Crippen LogP contribution in [0.1, 0.15) is 65.2 Å². The molecule has 0 spiro atoms. The van der Waals surface area contributed by atoms with E-state index >= 15 is 0 Å². The third-order valence-corrected chi connectivity index (χ3v) is 2.12. The molecule has 4 N–H and O–H groups in total. The summed E-state index contributed by atoms with van der Waals surface area (Å²) in [6.45, 7) is 6.13. The highest BCUT2D eigenvalue weighted by Gasteiger charge is 1.80. The fourth-order valence-corrected chi connectivity index (χ4v) is 1.14. The van der Waals surface area contributed by atoms with Crippen LogP contribution in [-0.4, -0.2) is 13.1 Å². The predicted molar refractivity (Wildman–Crippen MR) is 66.4 cm³/mol. The molecule has 0 aromatic heterocycles. The molecule has 0 unspecified atom stereocenters. The summed E-state index contributed by atoms with van der Waals surface area (Å²) in [6.07, 6.45) is 10.3. The standard InChI is InChI=1S/2C6H15N/c2*1-2-3-4-5-6-7/h2*2-7H2,1H3. The summed E-state index contributed by atoms with van der Waals surface area (Å²) in [7, 11) is 0. The van der Waals surface area contributed by atoms with Gasteiger partial charge >= 0.3 is 0 Å². The third kappa shape index (κ3) is 22.7. The maximum atomic E-state index is 5.27. The second kappa shape index (κ2) is 18.7. The minimum Gasteiger partial charge on any atom is -0.330 e. The van der Waals surface area contributed by atoms with Crippen molar-refractivity contribution >= 4 is 0 Å². The van der Waals surface area contributed by atoms with Gasteiger partial charge in [-0.05, 0) is 25.9 Å². The largest absolute Gasteiger partial charge is 0.330 e. The molecule has 2 nitrogen and oxygen atoms in total. The molecule has 0 aliphatic heterocycles. The lowest BCUT2D eigenvalue weighted by Crippen LogP contribution is -1.97. The van der Waals surface area contributed by atoms with E-state index < -0.39 is 0 Å². The van der Waals surface area contributed by atoms with E-state index in [2.05, 4.69) is 13.8 Å². The Kier molecular flexibility index (Phi) is 21.8. The van der Waals surface area contributed by atoms with Gasteiger partial charge in [0.1, 0.15) is 0 Å². The number of nitrogens with two attached hydrogens (primary N) is 2. The highest BCUT2D eigenvalue weighted by Crippen LogP contribution is 1.95. The molecule has 0 aromatic carbocycles. The van der Waals surface area contributed by atoms with Gasteiger partial charge in [0.2, 0.25) is 0 Å². The van der Waals surface area contributed by atoms with Crippen molar-refractivity contribution in [3.63, 3.8) is 0 Å². The van der Waals surface area contributed by atoms with Crippen molar-refractivity contribution in [1.29, 1.82) is 0 Å². The number of unbranched alkanes of at least 4 members (excludes halogenated alkanes) is 6. The summed E-state index contributed by atoms with van der Waals surface area (Å²) in [5.74, 6) is 0. The molecule has 88 valence electrons. The highest BCUT2D eigenvalue weighted by molar-refractivity contribution is 4.39. The number of rotatable bonds is 8. The first kappa shape index (κ1) is 16.4. The van der Waals surface area contributed by atoms with Crippen LogP contribution in [0.3, 0.4) is 0 Å². The summed E-state index contributed by atoms with van der Waals surface area (Å²) in [6, 6.07) is 0. The zero-order valence-electron chi connectivity index (χ0n) is 10.2. The Labute approximate surface area is 90.4 Å². The molecule has 0 amide bonds. The Balaban J connectivity index is 0. The third-order valence-electron chi connectivity index (χ3n) is 2.12. The maximum absolute atomic E-state index is 5.27. The van der Waals surface area contributed by atoms with E-state index in [1.54, 1.807) is 0 Å². The fraction of sp³-hybridized carbons (Fsp3) is 1.00. The summed E-state index contributed by atoms with van der Waals surface area (Å²) >= 11 is 0. The topological polar surface area (TPSA) is 52.0 Å². The van der Waals surface area contributed by atoms with Crippen LogP contribution < -0.4 is 11.5 Å². The molecule has 0 aliphatic rings. The normalized spacial score (nSPS) is 9.43. The average molecular weight is 202 g/mol. The van der Waals surface area contributed by atoms with Crippen molar-refractivity contribution in [2.75, 3.05) is 13.1 Å². The van der Waals surface area contributed by atoms with Crippen molar-refractivity contribution in [2.45, 2.75) is 65.2 Å². The molecular formula is C12H30N2. The van der Waals surface area contributed by atoms with E-state index in [1.165, 1.54) is 51.4 Å². The molecule has 0 saturated carbocycles. The molecule has 0 aliphatic carbocycles. The lowest BCUT2D eigenvalue weighted by atomic mass is 10.2. The van der Waals surface area contributed by atoms with Crippen molar-refractivity contribution in [1.82, 2.24) is 0 Å². The van der Waals surface area contributed by atoms with Crippen LogP contribution in [0.15, 0.2) is 0 Å². The number of hydrogen-bond donors (Lipinski definition) is 2. The van der Waals surface area contributed by atoms with Crippen LogP contribution >= 0.6 is 0 Å². The van der Waals surface area contributed by atoms with Crippen LogP contribution in [0.4, 0.5) is 0 Å². The average Bonchev–Trinajstić information content (AvgIpc) is 2.21. The molecule has 0 bridgehead atoms. The Morgan fingerprint density at radius 1 is 0.571 bits per heavy atom. The lowest BCUT2D eigenvalue weighted by molar-refractivity contribution is 0.674. The van der Waals surface area contributed by atoms with Gasteiger partial charge in [0.05, 0.1) is 0 Å². The minimum atomic E-state index is 0.861. The van der Waals surface area contributed by atoms with Gasteiger partial charge in [0, 0.05) is 0 Å². The maximum Gasteiger partial charge on any atom is -0.00773 e. The monoisotopic (exact) mass is 202 g/mol. The zero-order valence-corrected chi connectivity index (χ0v) is 10.2. The Bertz CT molecular complexity index is 56.7. The molecule has 0 saturated heterocycles. The van der Waals surface area contributed by atoms with Gasteiger partial charge < -0.3 is 11.5 Å². The van der Waals surface area contributed by atoms with Gasteiger partial charge in [-0.1, -0.05) is 52.4 Å². The lowest BCUT2D eigenvalue weighted by Gasteiger charge is -1.90. The first-order valence-corrected chi connectivity index (χ1v) is 6.23. The van der Waals surface area contributed by atoms with Crippen molar-refractivity contribution in [2.24, 2.45) is 11.5 Å². The first-order valence-electron chi connectivity index (χ1n) is 6.23. The Morgan fingerprint density at radius 3 is 1.14 bits per heavy atom.